The second-order valence-corrected chi connectivity index (χ2v) is 32.4. The van der Waals surface area contributed by atoms with Crippen molar-refractivity contribution in [2.45, 2.75) is 131 Å². The zero-order valence-electron chi connectivity index (χ0n) is 66.2. The van der Waals surface area contributed by atoms with Gasteiger partial charge < -0.3 is 24.0 Å². The molecule has 4 atom stereocenters. The minimum Gasteiger partial charge on any atom is -0.453 e. The zero-order valence-corrected chi connectivity index (χ0v) is 60.2. The minimum absolute atomic E-state index is 0.00580. The van der Waals surface area contributed by atoms with Gasteiger partial charge in [-0.2, -0.15) is 0 Å². The van der Waals surface area contributed by atoms with Crippen LogP contribution in [0.15, 0.2) is 278 Å². The first-order chi connectivity index (χ1) is 52.0. The summed E-state index contributed by atoms with van der Waals surface area (Å²) in [5.74, 6) is 1.91. The highest BCUT2D eigenvalue weighted by Gasteiger charge is 2.51. The Bertz CT molecular complexity index is 5660. The van der Waals surface area contributed by atoms with E-state index in [0.717, 1.165) is 158 Å². The molecule has 11 aromatic carbocycles. The van der Waals surface area contributed by atoms with Crippen molar-refractivity contribution in [3.05, 3.63) is 289 Å². The number of nitrogens with zero attached hydrogens (tertiary/aromatic N) is 4. The number of fused-ring (bicyclic) bond motifs is 9. The van der Waals surface area contributed by atoms with E-state index in [0.29, 0.717) is 33.4 Å². The maximum Gasteiger partial charge on any atom is 0.252 e. The molecule has 0 saturated carbocycles. The van der Waals surface area contributed by atoms with Gasteiger partial charge in [-0.25, -0.2) is 0 Å². The Hall–Kier alpha value is -10.3. The maximum absolute atomic E-state index is 11.9. The fourth-order valence-corrected chi connectivity index (χ4v) is 17.7. The van der Waals surface area contributed by atoms with E-state index < -0.39 is 12.1 Å². The standard InChI is InChI=1S/C96H91BN4O/c1-94(2,3)68-54-74(63-33-17-11-18-34-63)92(75(55-68)64-35-19-12-20-36-64)100-85-53-67(62-31-15-10-16-32-62)47-50-79(85)97-80-51-48-72(98-81-42-26-25-41-73(81)78-60-71(49-52-82(78)98)99-83-43-27-29-45-89(83)102-90-46-30-28-44-84(90)99)61-86(80)101(88-59-70(96(7,8)9)58-87(100)91(88)97)93-76(65-37-21-13-22-38-65)56-69(95(4,5)6)57-77(93)66-39-23-14-24-40-66/h10-11,13-17,21-32,35,37-54,56-61,63,68,75,92H,12,18-20,33-34,36,55H2,1-9H3/i47D,48D,50D,51D,53D,61D. The summed E-state index contributed by atoms with van der Waals surface area (Å²) in [5, 5.41) is 1.82. The molecule has 6 heteroatoms. The molecule has 4 heterocycles. The molecule has 0 bridgehead atoms. The molecule has 0 N–H and O–H groups in total. The number of para-hydroxylation sites is 5. The summed E-state index contributed by atoms with van der Waals surface area (Å²) in [5.41, 5.74) is 18.7. The van der Waals surface area contributed by atoms with Gasteiger partial charge in [0.25, 0.3) is 6.71 Å². The number of ether oxygens (including phenoxy) is 1. The monoisotopic (exact) mass is 1330 g/mol. The van der Waals surface area contributed by atoms with Crippen LogP contribution in [0.5, 0.6) is 11.5 Å². The Balaban J connectivity index is 1.01. The number of hydrogen-bond donors (Lipinski definition) is 0. The van der Waals surface area contributed by atoms with Crippen molar-refractivity contribution < 1.29 is 13.0 Å². The first-order valence-corrected chi connectivity index (χ1v) is 37.2. The Kier molecular flexibility index (Phi) is 13.9. The molecule has 3 aliphatic heterocycles. The van der Waals surface area contributed by atoms with Crippen LogP contribution in [0.3, 0.4) is 0 Å². The number of rotatable bonds is 9. The average molecular weight is 1330 g/mol. The molecule has 0 radical (unpaired) electrons. The fraction of sp³-hybridized carbons (Fsp3) is 0.250. The highest BCUT2D eigenvalue weighted by atomic mass is 16.5. The quantitative estimate of drug-likeness (QED) is 0.106. The van der Waals surface area contributed by atoms with Crippen molar-refractivity contribution in [3.8, 4) is 50.6 Å². The second-order valence-electron chi connectivity index (χ2n) is 32.4. The van der Waals surface area contributed by atoms with E-state index in [2.05, 4.69) is 233 Å². The number of aromatic nitrogens is 1. The third-order valence-electron chi connectivity index (χ3n) is 23.0. The molecule has 102 heavy (non-hydrogen) atoms. The molecule has 0 amide bonds. The van der Waals surface area contributed by atoms with Gasteiger partial charge in [0.05, 0.1) is 42.4 Å². The second kappa shape index (κ2) is 24.8. The van der Waals surface area contributed by atoms with Gasteiger partial charge in [0, 0.05) is 61.9 Å². The molecule has 6 aliphatic rings. The van der Waals surface area contributed by atoms with E-state index in [-0.39, 0.29) is 76.6 Å². The summed E-state index contributed by atoms with van der Waals surface area (Å²) in [6.45, 7) is 19.9. The van der Waals surface area contributed by atoms with Crippen LogP contribution < -0.4 is 35.8 Å². The molecular weight excluding hydrogens is 1240 g/mol. The third kappa shape index (κ3) is 10.8. The lowest BCUT2D eigenvalue weighted by atomic mass is 9.33. The smallest absolute Gasteiger partial charge is 0.252 e. The van der Waals surface area contributed by atoms with Crippen molar-refractivity contribution in [1.82, 2.24) is 4.57 Å². The largest absolute Gasteiger partial charge is 0.453 e. The summed E-state index contributed by atoms with van der Waals surface area (Å²) < 4.78 is 76.2. The van der Waals surface area contributed by atoms with Gasteiger partial charge in [-0.1, -0.05) is 244 Å². The number of anilines is 8. The predicted molar refractivity (Wildman–Crippen MR) is 433 cm³/mol. The van der Waals surface area contributed by atoms with Crippen molar-refractivity contribution in [2.24, 2.45) is 23.2 Å². The molecule has 0 saturated heterocycles. The summed E-state index contributed by atoms with van der Waals surface area (Å²) >= 11 is 0. The molecular formula is C96H91BN4O. The molecule has 0 fully saturated rings. The van der Waals surface area contributed by atoms with E-state index >= 15 is 0 Å². The van der Waals surface area contributed by atoms with Crippen LogP contribution in [0.2, 0.25) is 0 Å². The summed E-state index contributed by atoms with van der Waals surface area (Å²) in [6, 6.07) is 71.1. The normalized spacial score (nSPS) is 19.4. The predicted octanol–water partition coefficient (Wildman–Crippen LogP) is 24.5. The Labute approximate surface area is 612 Å². The molecule has 1 aromatic heterocycles. The summed E-state index contributed by atoms with van der Waals surface area (Å²) in [4.78, 5) is 7.14. The topological polar surface area (TPSA) is 23.9 Å². The molecule has 0 spiro atoms. The van der Waals surface area contributed by atoms with Crippen LogP contribution in [0.25, 0.3) is 60.9 Å². The lowest BCUT2D eigenvalue weighted by Gasteiger charge is -2.53. The molecule has 504 valence electrons. The van der Waals surface area contributed by atoms with Gasteiger partial charge >= 0.3 is 0 Å². The first kappa shape index (κ1) is 57.3. The number of benzene rings is 11. The molecule has 3 aliphatic carbocycles. The summed E-state index contributed by atoms with van der Waals surface area (Å²) in [7, 11) is 0. The fourth-order valence-electron chi connectivity index (χ4n) is 17.7. The Morgan fingerprint density at radius 1 is 0.490 bits per heavy atom. The van der Waals surface area contributed by atoms with Crippen LogP contribution in [0, 0.1) is 23.2 Å². The van der Waals surface area contributed by atoms with Gasteiger partial charge in [-0.15, -0.1) is 0 Å². The van der Waals surface area contributed by atoms with Crippen molar-refractivity contribution in [1.29, 1.82) is 0 Å². The van der Waals surface area contributed by atoms with Gasteiger partial charge in [0.2, 0.25) is 0 Å². The van der Waals surface area contributed by atoms with Crippen LogP contribution in [0.1, 0.15) is 133 Å². The van der Waals surface area contributed by atoms with Gasteiger partial charge in [0.15, 0.2) is 11.5 Å². The molecule has 18 rings (SSSR count). The zero-order chi connectivity index (χ0) is 74.6. The molecule has 12 aromatic rings. The Morgan fingerprint density at radius 2 is 1.10 bits per heavy atom. The van der Waals surface area contributed by atoms with E-state index in [9.17, 15) is 8.22 Å². The first-order valence-electron chi connectivity index (χ1n) is 40.2. The van der Waals surface area contributed by atoms with E-state index in [1.807, 2.05) is 78.9 Å². The SMILES string of the molecule is [2H]c1c([2H])c(-n2c3ccccc3c3cc(N4c5ccccc5Oc5ccccc54)ccc32)c([2H])c2c1B1c3c(cc(C(C)(C)C)cc3N(C3C(C4CC=CCC4)=CC(C(C)(C)C)CC3C3=CCCCC3)c3c([2H])c(-c4ccccc4)c([2H])c([2H])c31)N2c1c(-c2ccccc2)cc(C(C)(C)C)cc1-c1ccccc1. The molecule has 5 nitrogen and oxygen atoms in total. The van der Waals surface area contributed by atoms with Crippen LogP contribution in [0.4, 0.5) is 45.5 Å². The number of hydrogen-bond acceptors (Lipinski definition) is 4. The molecule has 4 unspecified atom stereocenters. The Morgan fingerprint density at radius 3 is 1.75 bits per heavy atom. The van der Waals surface area contributed by atoms with Gasteiger partial charge in [-0.3, -0.25) is 0 Å². The van der Waals surface area contributed by atoms with Crippen molar-refractivity contribution >= 4 is 90.4 Å². The van der Waals surface area contributed by atoms with Crippen molar-refractivity contribution in [3.63, 3.8) is 0 Å². The number of allylic oxidation sites excluding steroid dienone is 4. The van der Waals surface area contributed by atoms with Crippen LogP contribution in [-0.4, -0.2) is 17.3 Å². The highest BCUT2D eigenvalue weighted by molar-refractivity contribution is 7.00. The summed E-state index contributed by atoms with van der Waals surface area (Å²) in [6.07, 6.45) is 17.9. The third-order valence-corrected chi connectivity index (χ3v) is 23.0. The van der Waals surface area contributed by atoms with Crippen LogP contribution in [-0.2, 0) is 10.8 Å². The van der Waals surface area contributed by atoms with E-state index in [4.69, 9.17) is 4.74 Å². The highest BCUT2D eigenvalue weighted by Crippen LogP contribution is 2.57. The van der Waals surface area contributed by atoms with Crippen LogP contribution >= 0.6 is 0 Å². The van der Waals surface area contributed by atoms with E-state index in [1.54, 1.807) is 0 Å². The lowest BCUT2D eigenvalue weighted by molar-refractivity contribution is 0.220. The van der Waals surface area contributed by atoms with E-state index in [1.165, 1.54) is 11.1 Å². The maximum atomic E-state index is 11.9. The van der Waals surface area contributed by atoms with Gasteiger partial charge in [-0.05, 0) is 226 Å². The van der Waals surface area contributed by atoms with Gasteiger partial charge in [0.1, 0.15) is 0 Å². The van der Waals surface area contributed by atoms with Crippen molar-refractivity contribution in [2.75, 3.05) is 14.7 Å². The lowest BCUT2D eigenvalue weighted by Crippen LogP contribution is -2.64. The minimum atomic E-state index is -1.01. The average Bonchev–Trinajstić information content (AvgIpc) is 0.728.